The topological polar surface area (TPSA) is 75.6 Å². The predicted molar refractivity (Wildman–Crippen MR) is 61.2 cm³/mol. The molecule has 6 heteroatoms. The Balaban J connectivity index is 2.82. The zero-order valence-corrected chi connectivity index (χ0v) is 10.5. The third-order valence-corrected chi connectivity index (χ3v) is 3.86. The van der Waals surface area contributed by atoms with Gasteiger partial charge in [0.05, 0.1) is 7.11 Å². The molecule has 0 amide bonds. The van der Waals surface area contributed by atoms with Crippen molar-refractivity contribution in [1.82, 2.24) is 5.32 Å². The van der Waals surface area contributed by atoms with Gasteiger partial charge in [0.15, 0.2) is 4.87 Å². The first-order chi connectivity index (χ1) is 7.41. The molecule has 0 aromatic rings. The van der Waals surface area contributed by atoms with E-state index in [1.165, 1.54) is 18.9 Å². The van der Waals surface area contributed by atoms with Gasteiger partial charge in [-0.2, -0.15) is 0 Å². The third kappa shape index (κ3) is 2.68. The van der Waals surface area contributed by atoms with Gasteiger partial charge in [-0.25, -0.2) is 4.79 Å². The Hall–Kier alpha value is -0.750. The number of thioether (sulfide) groups is 1. The van der Waals surface area contributed by atoms with E-state index in [1.807, 2.05) is 13.8 Å². The quantitative estimate of drug-likeness (QED) is 0.712. The number of ether oxygens (including phenoxy) is 1. The Bertz CT molecular complexity index is 295. The second-order valence-corrected chi connectivity index (χ2v) is 5.58. The number of methoxy groups -OCH3 is 1. The minimum atomic E-state index is -0.929. The van der Waals surface area contributed by atoms with E-state index in [0.29, 0.717) is 12.2 Å². The first-order valence-corrected chi connectivity index (χ1v) is 6.12. The largest absolute Gasteiger partial charge is 0.480 e. The molecular weight excluding hydrogens is 230 g/mol. The van der Waals surface area contributed by atoms with Gasteiger partial charge in [-0.3, -0.25) is 10.1 Å². The molecular formula is C10H17NO4S. The number of rotatable bonds is 4. The molecule has 0 radical (unpaired) electrons. The molecule has 0 aliphatic carbocycles. The van der Waals surface area contributed by atoms with Gasteiger partial charge in [0, 0.05) is 5.75 Å². The number of hydrogen-bond donors (Lipinski definition) is 2. The number of carbonyl (C=O) groups is 2. The van der Waals surface area contributed by atoms with Crippen LogP contribution in [0.3, 0.4) is 0 Å². The maximum atomic E-state index is 11.7. The Morgan fingerprint density at radius 3 is 2.62 bits per heavy atom. The zero-order valence-electron chi connectivity index (χ0n) is 9.65. The lowest BCUT2D eigenvalue weighted by Gasteiger charge is -2.27. The molecule has 1 saturated heterocycles. The van der Waals surface area contributed by atoms with Crippen LogP contribution in [0.5, 0.6) is 0 Å². The first kappa shape index (κ1) is 13.3. The van der Waals surface area contributed by atoms with Gasteiger partial charge < -0.3 is 9.84 Å². The van der Waals surface area contributed by atoms with Crippen LogP contribution in [-0.4, -0.2) is 40.8 Å². The van der Waals surface area contributed by atoms with Gasteiger partial charge in [0.2, 0.25) is 0 Å². The first-order valence-electron chi connectivity index (χ1n) is 5.14. The number of nitrogens with one attached hydrogen (secondary N) is 1. The van der Waals surface area contributed by atoms with Crippen LogP contribution in [0.4, 0.5) is 0 Å². The number of hydrogen-bond acceptors (Lipinski definition) is 5. The molecule has 0 bridgehead atoms. The molecule has 92 valence electrons. The maximum Gasteiger partial charge on any atom is 0.336 e. The lowest BCUT2D eigenvalue weighted by Crippen LogP contribution is -2.51. The minimum Gasteiger partial charge on any atom is -0.480 e. The smallest absolute Gasteiger partial charge is 0.336 e. The summed E-state index contributed by atoms with van der Waals surface area (Å²) in [5.74, 6) is -0.652. The summed E-state index contributed by atoms with van der Waals surface area (Å²) in [6, 6.07) is -0.678. The van der Waals surface area contributed by atoms with E-state index >= 15 is 0 Å². The van der Waals surface area contributed by atoms with Crippen molar-refractivity contribution in [2.24, 2.45) is 5.92 Å². The zero-order chi connectivity index (χ0) is 12.3. The van der Waals surface area contributed by atoms with Crippen LogP contribution in [-0.2, 0) is 14.3 Å². The van der Waals surface area contributed by atoms with Crippen molar-refractivity contribution in [2.45, 2.75) is 31.2 Å². The minimum absolute atomic E-state index is 0.284. The van der Waals surface area contributed by atoms with Crippen molar-refractivity contribution < 1.29 is 19.4 Å². The maximum absolute atomic E-state index is 11.7. The molecule has 0 unspecified atom stereocenters. The van der Waals surface area contributed by atoms with Crippen LogP contribution in [0.2, 0.25) is 0 Å². The van der Waals surface area contributed by atoms with E-state index < -0.39 is 22.9 Å². The molecule has 1 heterocycles. The van der Waals surface area contributed by atoms with Crippen LogP contribution in [0.25, 0.3) is 0 Å². The molecule has 16 heavy (non-hydrogen) atoms. The number of carbonyl (C=O) groups excluding carboxylic acids is 1. The lowest BCUT2D eigenvalue weighted by molar-refractivity contribution is -0.146. The lowest BCUT2D eigenvalue weighted by atomic mass is 10.0. The van der Waals surface area contributed by atoms with Crippen molar-refractivity contribution in [1.29, 1.82) is 0 Å². The van der Waals surface area contributed by atoms with Crippen molar-refractivity contribution >= 4 is 23.7 Å². The number of esters is 1. The Morgan fingerprint density at radius 1 is 1.62 bits per heavy atom. The summed E-state index contributed by atoms with van der Waals surface area (Å²) in [5.41, 5.74) is 0. The molecule has 0 aromatic carbocycles. The normalized spacial score (nSPS) is 29.4. The second kappa shape index (κ2) is 5.05. The van der Waals surface area contributed by atoms with E-state index in [1.54, 1.807) is 0 Å². The monoisotopic (exact) mass is 247 g/mol. The highest BCUT2D eigenvalue weighted by Crippen LogP contribution is 2.37. The van der Waals surface area contributed by atoms with Gasteiger partial charge in [0.1, 0.15) is 6.04 Å². The summed E-state index contributed by atoms with van der Waals surface area (Å²) >= 11 is 1.32. The molecule has 0 spiro atoms. The highest BCUT2D eigenvalue weighted by molar-refractivity contribution is 8.01. The SMILES string of the molecule is COC(=O)[C@]1(CC(C)C)N[C@H](C(=O)O)CS1. The van der Waals surface area contributed by atoms with Crippen LogP contribution in [0, 0.1) is 5.92 Å². The summed E-state index contributed by atoms with van der Waals surface area (Å²) in [5, 5.41) is 11.8. The summed E-state index contributed by atoms with van der Waals surface area (Å²) in [6.07, 6.45) is 0.564. The van der Waals surface area contributed by atoms with Gasteiger partial charge in [-0.1, -0.05) is 13.8 Å². The summed E-state index contributed by atoms with van der Waals surface area (Å²) < 4.78 is 4.75. The summed E-state index contributed by atoms with van der Waals surface area (Å²) in [7, 11) is 1.32. The average molecular weight is 247 g/mol. The number of aliphatic carboxylic acids is 1. The van der Waals surface area contributed by atoms with E-state index in [9.17, 15) is 9.59 Å². The van der Waals surface area contributed by atoms with Crippen LogP contribution >= 0.6 is 11.8 Å². The molecule has 1 rings (SSSR count). The van der Waals surface area contributed by atoms with E-state index in [0.717, 1.165) is 0 Å². The van der Waals surface area contributed by atoms with Crippen molar-refractivity contribution in [3.05, 3.63) is 0 Å². The summed E-state index contributed by atoms with van der Waals surface area (Å²) in [6.45, 7) is 3.97. The predicted octanol–water partition coefficient (Wildman–Crippen LogP) is 0.691. The fourth-order valence-electron chi connectivity index (χ4n) is 1.78. The Morgan fingerprint density at radius 2 is 2.25 bits per heavy atom. The number of carboxylic acids is 1. The highest BCUT2D eigenvalue weighted by atomic mass is 32.2. The second-order valence-electron chi connectivity index (χ2n) is 4.26. The number of carboxylic acid groups (broad SMARTS) is 1. The van der Waals surface area contributed by atoms with Gasteiger partial charge >= 0.3 is 11.9 Å². The third-order valence-electron chi connectivity index (χ3n) is 2.41. The van der Waals surface area contributed by atoms with E-state index in [-0.39, 0.29) is 5.92 Å². The van der Waals surface area contributed by atoms with Crippen LogP contribution < -0.4 is 5.32 Å². The molecule has 0 saturated carbocycles. The van der Waals surface area contributed by atoms with Gasteiger partial charge in [0.25, 0.3) is 0 Å². The van der Waals surface area contributed by atoms with Crippen molar-refractivity contribution in [3.63, 3.8) is 0 Å². The summed E-state index contributed by atoms with van der Waals surface area (Å²) in [4.78, 5) is 21.7. The molecule has 0 aromatic heterocycles. The fourth-order valence-corrected chi connectivity index (χ4v) is 3.34. The van der Waals surface area contributed by atoms with E-state index in [4.69, 9.17) is 9.84 Å². The highest BCUT2D eigenvalue weighted by Gasteiger charge is 2.49. The van der Waals surface area contributed by atoms with Crippen LogP contribution in [0.1, 0.15) is 20.3 Å². The van der Waals surface area contributed by atoms with Gasteiger partial charge in [-0.05, 0) is 12.3 Å². The van der Waals surface area contributed by atoms with Crippen molar-refractivity contribution in [3.8, 4) is 0 Å². The standard InChI is InChI=1S/C10H17NO4S/c1-6(2)4-10(9(14)15-3)11-7(5-16-10)8(12)13/h6-7,11H,4-5H2,1-3H3,(H,12,13)/t7-,10+/m0/s1. The molecule has 1 fully saturated rings. The molecule has 1 aliphatic rings. The fraction of sp³-hybridized carbons (Fsp3) is 0.800. The molecule has 1 aliphatic heterocycles. The Labute approximate surface area is 98.9 Å². The van der Waals surface area contributed by atoms with Gasteiger partial charge in [-0.15, -0.1) is 11.8 Å². The van der Waals surface area contributed by atoms with Crippen molar-refractivity contribution in [2.75, 3.05) is 12.9 Å². The molecule has 5 nitrogen and oxygen atoms in total. The Kier molecular flexibility index (Phi) is 4.21. The molecule has 2 N–H and O–H groups in total. The van der Waals surface area contributed by atoms with E-state index in [2.05, 4.69) is 5.32 Å². The molecule has 2 atom stereocenters. The average Bonchev–Trinajstić information content (AvgIpc) is 2.61. The van der Waals surface area contributed by atoms with Crippen LogP contribution in [0.15, 0.2) is 0 Å².